The molecule has 0 spiro atoms. The number of carbonyl (C=O) groups is 1. The van der Waals surface area contributed by atoms with Crippen LogP contribution in [0.4, 0.5) is 0 Å². The molecule has 56 valence electrons. The summed E-state index contributed by atoms with van der Waals surface area (Å²) in [6.45, 7) is 5.71. The van der Waals surface area contributed by atoms with Gasteiger partial charge in [-0.3, -0.25) is 4.79 Å². The summed E-state index contributed by atoms with van der Waals surface area (Å²) in [6, 6.07) is 0. The lowest BCUT2D eigenvalue weighted by Crippen LogP contribution is -2.11. The van der Waals surface area contributed by atoms with E-state index in [1.54, 1.807) is 0 Å². The van der Waals surface area contributed by atoms with Crippen LogP contribution >= 0.6 is 0 Å². The average molecular weight is 133 g/mol. The molecular weight excluding hydrogens is 118 g/mol. The highest BCUT2D eigenvalue weighted by Gasteiger charge is 2.13. The minimum absolute atomic E-state index is 0. The van der Waals surface area contributed by atoms with E-state index in [-0.39, 0.29) is 18.0 Å². The largest absolute Gasteiger partial charge is 0.481 e. The first-order valence-electron chi connectivity index (χ1n) is 2.63. The lowest BCUT2D eigenvalue weighted by atomic mass is 9.93. The summed E-state index contributed by atoms with van der Waals surface area (Å²) in [6.07, 6.45) is 0.243. The molecule has 0 rings (SSSR count). The summed E-state index contributed by atoms with van der Waals surface area (Å²) in [5, 5.41) is 8.25. The van der Waals surface area contributed by atoms with Crippen LogP contribution in [-0.2, 0) is 4.79 Å². The van der Waals surface area contributed by atoms with Crippen LogP contribution in [0.15, 0.2) is 0 Å². The molecule has 0 saturated heterocycles. The zero-order valence-electron chi connectivity index (χ0n) is 6.27. The highest BCUT2D eigenvalue weighted by molar-refractivity contribution is 5.67. The maximum absolute atomic E-state index is 10.0. The third-order valence-corrected chi connectivity index (χ3v) is 0.682. The van der Waals surface area contributed by atoms with Crippen molar-refractivity contribution < 1.29 is 9.90 Å². The Bertz CT molecular complexity index is 93.7. The molecule has 0 aromatic heterocycles. The molecule has 0 aliphatic heterocycles. The van der Waals surface area contributed by atoms with Gasteiger partial charge in [0.1, 0.15) is 0 Å². The Morgan fingerprint density at radius 2 is 1.78 bits per heavy atom. The van der Waals surface area contributed by atoms with E-state index >= 15 is 0 Å². The quantitative estimate of drug-likeness (QED) is 0.571. The second-order valence-electron chi connectivity index (χ2n) is 3.13. The van der Waals surface area contributed by atoms with Gasteiger partial charge in [0.25, 0.3) is 0 Å². The molecule has 0 heterocycles. The third-order valence-electron chi connectivity index (χ3n) is 0.682. The van der Waals surface area contributed by atoms with Gasteiger partial charge < -0.3 is 11.3 Å². The fourth-order valence-corrected chi connectivity index (χ4v) is 0.454. The van der Waals surface area contributed by atoms with Crippen molar-refractivity contribution in [2.75, 3.05) is 0 Å². The molecule has 3 heteroatoms. The molecule has 0 aliphatic carbocycles. The predicted molar refractivity (Wildman–Crippen MR) is 36.7 cm³/mol. The van der Waals surface area contributed by atoms with Crippen LogP contribution in [0.5, 0.6) is 0 Å². The Hall–Kier alpha value is -0.570. The standard InChI is InChI=1S/C6H12O2.H3N/c1-6(2,3)4-5(7)8;/h4H2,1-3H3,(H,7,8);1H3. The molecule has 9 heavy (non-hydrogen) atoms. The first-order valence-corrected chi connectivity index (χ1v) is 2.63. The fourth-order valence-electron chi connectivity index (χ4n) is 0.454. The van der Waals surface area contributed by atoms with Gasteiger partial charge in [0.05, 0.1) is 6.42 Å². The highest BCUT2D eigenvalue weighted by atomic mass is 16.4. The SMILES string of the molecule is CC(C)(C)CC(=O)O.N. The summed E-state index contributed by atoms with van der Waals surface area (Å²) in [5.74, 6) is -0.725. The van der Waals surface area contributed by atoms with Gasteiger partial charge in [-0.1, -0.05) is 20.8 Å². The summed E-state index contributed by atoms with van der Waals surface area (Å²) in [4.78, 5) is 10.0. The van der Waals surface area contributed by atoms with Crippen molar-refractivity contribution in [2.24, 2.45) is 5.41 Å². The van der Waals surface area contributed by atoms with Crippen LogP contribution in [0.2, 0.25) is 0 Å². The average Bonchev–Trinajstić information content (AvgIpc) is 1.21. The smallest absolute Gasteiger partial charge is 0.303 e. The van der Waals surface area contributed by atoms with E-state index in [9.17, 15) is 4.79 Å². The van der Waals surface area contributed by atoms with Gasteiger partial charge in [-0.15, -0.1) is 0 Å². The number of aliphatic carboxylic acids is 1. The minimum Gasteiger partial charge on any atom is -0.481 e. The van der Waals surface area contributed by atoms with Crippen molar-refractivity contribution in [1.82, 2.24) is 6.15 Å². The maximum Gasteiger partial charge on any atom is 0.303 e. The molecule has 0 fully saturated rings. The Labute approximate surface area is 55.7 Å². The van der Waals surface area contributed by atoms with Gasteiger partial charge in [-0.2, -0.15) is 0 Å². The number of carboxylic acids is 1. The summed E-state index contributed by atoms with van der Waals surface area (Å²) in [5.41, 5.74) is -0.0775. The first-order chi connectivity index (χ1) is 3.42. The van der Waals surface area contributed by atoms with Gasteiger partial charge in [0, 0.05) is 0 Å². The van der Waals surface area contributed by atoms with Crippen LogP contribution in [0.3, 0.4) is 0 Å². The second kappa shape index (κ2) is 3.45. The van der Waals surface area contributed by atoms with Crippen LogP contribution in [-0.4, -0.2) is 11.1 Å². The molecule has 3 nitrogen and oxygen atoms in total. The molecule has 0 saturated carbocycles. The van der Waals surface area contributed by atoms with E-state index in [1.165, 1.54) is 0 Å². The fraction of sp³-hybridized carbons (Fsp3) is 0.833. The molecule has 0 unspecified atom stereocenters. The van der Waals surface area contributed by atoms with Crippen molar-refractivity contribution in [1.29, 1.82) is 0 Å². The van der Waals surface area contributed by atoms with Crippen molar-refractivity contribution in [3.8, 4) is 0 Å². The summed E-state index contributed by atoms with van der Waals surface area (Å²) < 4.78 is 0. The monoisotopic (exact) mass is 133 g/mol. The van der Waals surface area contributed by atoms with Gasteiger partial charge >= 0.3 is 5.97 Å². The van der Waals surface area contributed by atoms with E-state index in [1.807, 2.05) is 20.8 Å². The van der Waals surface area contributed by atoms with Gasteiger partial charge in [-0.05, 0) is 5.41 Å². The predicted octanol–water partition coefficient (Wildman–Crippen LogP) is 1.67. The van der Waals surface area contributed by atoms with E-state index < -0.39 is 5.97 Å². The molecule has 0 atom stereocenters. The first kappa shape index (κ1) is 11.3. The molecule has 0 aliphatic rings. The van der Waals surface area contributed by atoms with Crippen LogP contribution in [0.1, 0.15) is 27.2 Å². The van der Waals surface area contributed by atoms with Crippen molar-refractivity contribution >= 4 is 5.97 Å². The zero-order valence-corrected chi connectivity index (χ0v) is 6.27. The summed E-state index contributed by atoms with van der Waals surface area (Å²) >= 11 is 0. The Morgan fingerprint density at radius 3 is 1.78 bits per heavy atom. The second-order valence-corrected chi connectivity index (χ2v) is 3.13. The normalized spacial score (nSPS) is 10.1. The van der Waals surface area contributed by atoms with Gasteiger partial charge in [-0.25, -0.2) is 0 Å². The van der Waals surface area contributed by atoms with Crippen LogP contribution in [0.25, 0.3) is 0 Å². The van der Waals surface area contributed by atoms with Gasteiger partial charge in [0.15, 0.2) is 0 Å². The molecule has 0 radical (unpaired) electrons. The zero-order chi connectivity index (χ0) is 6.78. The Kier molecular flexibility index (Phi) is 4.32. The Balaban J connectivity index is 0. The molecule has 0 amide bonds. The van der Waals surface area contributed by atoms with E-state index in [4.69, 9.17) is 5.11 Å². The molecule has 0 aromatic carbocycles. The van der Waals surface area contributed by atoms with Crippen LogP contribution in [0, 0.1) is 5.41 Å². The van der Waals surface area contributed by atoms with E-state index in [2.05, 4.69) is 0 Å². The number of hydrogen-bond donors (Lipinski definition) is 2. The molecular formula is C6H15NO2. The maximum atomic E-state index is 10.0. The number of rotatable bonds is 1. The third kappa shape index (κ3) is 11.2. The number of hydrogen-bond acceptors (Lipinski definition) is 2. The van der Waals surface area contributed by atoms with Gasteiger partial charge in [0.2, 0.25) is 0 Å². The van der Waals surface area contributed by atoms with E-state index in [0.717, 1.165) is 0 Å². The Morgan fingerprint density at radius 1 is 1.44 bits per heavy atom. The summed E-state index contributed by atoms with van der Waals surface area (Å²) in [7, 11) is 0. The van der Waals surface area contributed by atoms with Crippen molar-refractivity contribution in [3.63, 3.8) is 0 Å². The number of carboxylic acid groups (broad SMARTS) is 1. The van der Waals surface area contributed by atoms with Crippen molar-refractivity contribution in [3.05, 3.63) is 0 Å². The molecule has 4 N–H and O–H groups in total. The van der Waals surface area contributed by atoms with Crippen LogP contribution < -0.4 is 6.15 Å². The minimum atomic E-state index is -0.725. The molecule has 0 bridgehead atoms. The topological polar surface area (TPSA) is 72.3 Å². The van der Waals surface area contributed by atoms with Crippen molar-refractivity contribution in [2.45, 2.75) is 27.2 Å². The van der Waals surface area contributed by atoms with E-state index in [0.29, 0.717) is 0 Å². The lowest BCUT2D eigenvalue weighted by molar-refractivity contribution is -0.139. The lowest BCUT2D eigenvalue weighted by Gasteiger charge is -2.13. The molecule has 0 aromatic rings. The highest BCUT2D eigenvalue weighted by Crippen LogP contribution is 2.17.